The van der Waals surface area contributed by atoms with E-state index in [1.807, 2.05) is 13.0 Å². The summed E-state index contributed by atoms with van der Waals surface area (Å²) >= 11 is 5.88. The first-order chi connectivity index (χ1) is 14.0. The van der Waals surface area contributed by atoms with Crippen LogP contribution in [0.4, 0.5) is 0 Å². The summed E-state index contributed by atoms with van der Waals surface area (Å²) in [6.07, 6.45) is 0. The van der Waals surface area contributed by atoms with E-state index >= 15 is 0 Å². The number of aromatic carboxylic acids is 1. The highest BCUT2D eigenvalue weighted by molar-refractivity contribution is 6.30. The van der Waals surface area contributed by atoms with Crippen LogP contribution in [0, 0.1) is 0 Å². The van der Waals surface area contributed by atoms with E-state index in [0.29, 0.717) is 40.3 Å². The van der Waals surface area contributed by atoms with Crippen LogP contribution in [-0.4, -0.2) is 29.8 Å². The molecule has 1 heterocycles. The zero-order chi connectivity index (χ0) is 20.8. The van der Waals surface area contributed by atoms with Crippen molar-refractivity contribution in [3.05, 3.63) is 70.9 Å². The first-order valence-electron chi connectivity index (χ1n) is 8.94. The first kappa shape index (κ1) is 20.5. The van der Waals surface area contributed by atoms with Crippen LogP contribution in [0.2, 0.25) is 5.02 Å². The lowest BCUT2D eigenvalue weighted by molar-refractivity contribution is 0.0693. The van der Waals surface area contributed by atoms with Gasteiger partial charge in [-0.2, -0.15) is 0 Å². The Morgan fingerprint density at radius 3 is 2.41 bits per heavy atom. The zero-order valence-electron chi connectivity index (χ0n) is 16.0. The summed E-state index contributed by atoms with van der Waals surface area (Å²) < 4.78 is 16.7. The largest absolute Gasteiger partial charge is 0.497 e. The Morgan fingerprint density at radius 2 is 1.76 bits per heavy atom. The average Bonchev–Trinajstić information content (AvgIpc) is 2.73. The number of halogens is 1. The van der Waals surface area contributed by atoms with Gasteiger partial charge in [-0.05, 0) is 55.5 Å². The average molecular weight is 414 g/mol. The van der Waals surface area contributed by atoms with E-state index in [-0.39, 0.29) is 12.2 Å². The lowest BCUT2D eigenvalue weighted by Crippen LogP contribution is -2.09. The van der Waals surface area contributed by atoms with E-state index in [4.69, 9.17) is 25.8 Å². The second-order valence-corrected chi connectivity index (χ2v) is 6.47. The number of carbonyl (C=O) groups is 1. The Balaban J connectivity index is 1.96. The Kier molecular flexibility index (Phi) is 6.57. The van der Waals surface area contributed by atoms with Gasteiger partial charge in [0.1, 0.15) is 23.9 Å². The van der Waals surface area contributed by atoms with Gasteiger partial charge in [0.25, 0.3) is 0 Å². The molecule has 0 spiro atoms. The van der Waals surface area contributed by atoms with E-state index < -0.39 is 5.97 Å². The third-order valence-corrected chi connectivity index (χ3v) is 4.41. The van der Waals surface area contributed by atoms with Gasteiger partial charge in [-0.15, -0.1) is 0 Å². The fourth-order valence-electron chi connectivity index (χ4n) is 2.75. The topological polar surface area (TPSA) is 77.9 Å². The summed E-state index contributed by atoms with van der Waals surface area (Å²) in [6.45, 7) is 2.35. The number of benzene rings is 2. The first-order valence-corrected chi connectivity index (χ1v) is 9.32. The molecule has 0 saturated carbocycles. The number of rotatable bonds is 8. The molecule has 2 aromatic carbocycles. The maximum Gasteiger partial charge on any atom is 0.337 e. The third-order valence-electron chi connectivity index (χ3n) is 4.16. The van der Waals surface area contributed by atoms with Crippen LogP contribution >= 0.6 is 11.6 Å². The van der Waals surface area contributed by atoms with Crippen molar-refractivity contribution < 1.29 is 24.1 Å². The molecule has 0 amide bonds. The zero-order valence-corrected chi connectivity index (χ0v) is 16.8. The molecule has 0 aliphatic carbocycles. The molecule has 7 heteroatoms. The molecule has 1 N–H and O–H groups in total. The van der Waals surface area contributed by atoms with E-state index in [1.165, 1.54) is 6.07 Å². The molecule has 0 aliphatic heterocycles. The highest BCUT2D eigenvalue weighted by atomic mass is 35.5. The fourth-order valence-corrected chi connectivity index (χ4v) is 2.88. The molecule has 29 heavy (non-hydrogen) atoms. The summed E-state index contributed by atoms with van der Waals surface area (Å²) in [4.78, 5) is 16.2. The maximum absolute atomic E-state index is 11.6. The molecule has 150 valence electrons. The van der Waals surface area contributed by atoms with Crippen molar-refractivity contribution in [3.63, 3.8) is 0 Å². The van der Waals surface area contributed by atoms with Crippen molar-refractivity contribution in [2.45, 2.75) is 13.5 Å². The van der Waals surface area contributed by atoms with Crippen LogP contribution in [0.25, 0.3) is 11.3 Å². The predicted molar refractivity (Wildman–Crippen MR) is 110 cm³/mol. The highest BCUT2D eigenvalue weighted by Gasteiger charge is 2.16. The molecule has 1 aromatic heterocycles. The Hall–Kier alpha value is -3.25. The SMILES string of the molecule is CCOc1cc(OC)ccc1-c1ccc(C(=O)O)c(COc2ccc(Cl)cc2)n1. The van der Waals surface area contributed by atoms with Gasteiger partial charge in [0, 0.05) is 16.7 Å². The lowest BCUT2D eigenvalue weighted by Gasteiger charge is -2.14. The summed E-state index contributed by atoms with van der Waals surface area (Å²) in [7, 11) is 1.58. The number of aromatic nitrogens is 1. The molecule has 0 bridgehead atoms. The maximum atomic E-state index is 11.6. The number of methoxy groups -OCH3 is 1. The van der Waals surface area contributed by atoms with Crippen LogP contribution in [-0.2, 0) is 6.61 Å². The Bertz CT molecular complexity index is 1000. The second-order valence-electron chi connectivity index (χ2n) is 6.03. The van der Waals surface area contributed by atoms with Crippen LogP contribution in [0.15, 0.2) is 54.6 Å². The fraction of sp³-hybridized carbons (Fsp3) is 0.182. The minimum absolute atomic E-state index is 0.00275. The number of carboxylic acid groups (broad SMARTS) is 1. The minimum Gasteiger partial charge on any atom is -0.497 e. The Morgan fingerprint density at radius 1 is 1.03 bits per heavy atom. The van der Waals surface area contributed by atoms with Gasteiger partial charge in [-0.1, -0.05) is 11.6 Å². The van der Waals surface area contributed by atoms with Crippen LogP contribution in [0.3, 0.4) is 0 Å². The summed E-state index contributed by atoms with van der Waals surface area (Å²) in [5.74, 6) is 0.758. The standard InChI is InChI=1S/C22H20ClNO5/c1-3-28-21-12-16(27-2)8-9-17(21)19-11-10-18(22(25)26)20(24-19)13-29-15-6-4-14(23)5-7-15/h4-12H,3,13H2,1-2H3,(H,25,26). The van der Waals surface area contributed by atoms with E-state index in [9.17, 15) is 9.90 Å². The molecular formula is C22H20ClNO5. The van der Waals surface area contributed by atoms with Gasteiger partial charge in [-0.25, -0.2) is 9.78 Å². The van der Waals surface area contributed by atoms with Crippen LogP contribution in [0.1, 0.15) is 23.0 Å². The van der Waals surface area contributed by atoms with E-state index in [1.54, 1.807) is 49.6 Å². The minimum atomic E-state index is -1.07. The predicted octanol–water partition coefficient (Wildman–Crippen LogP) is 5.09. The van der Waals surface area contributed by atoms with Crippen molar-refractivity contribution in [3.8, 4) is 28.5 Å². The number of hydrogen-bond acceptors (Lipinski definition) is 5. The summed E-state index contributed by atoms with van der Waals surface area (Å²) in [5, 5.41) is 10.1. The Labute approximate surface area is 173 Å². The number of carboxylic acids is 1. The molecule has 0 aliphatic rings. The van der Waals surface area contributed by atoms with Gasteiger partial charge in [0.05, 0.1) is 30.7 Å². The molecule has 0 radical (unpaired) electrons. The molecule has 3 rings (SSSR count). The monoisotopic (exact) mass is 413 g/mol. The van der Waals surface area contributed by atoms with Gasteiger partial charge < -0.3 is 19.3 Å². The van der Waals surface area contributed by atoms with Crippen LogP contribution < -0.4 is 14.2 Å². The molecule has 0 saturated heterocycles. The van der Waals surface area contributed by atoms with Crippen molar-refractivity contribution in [2.75, 3.05) is 13.7 Å². The van der Waals surface area contributed by atoms with Crippen molar-refractivity contribution in [2.24, 2.45) is 0 Å². The van der Waals surface area contributed by atoms with Crippen LogP contribution in [0.5, 0.6) is 17.2 Å². The quantitative estimate of drug-likeness (QED) is 0.554. The highest BCUT2D eigenvalue weighted by Crippen LogP contribution is 2.33. The molecule has 0 fully saturated rings. The summed E-state index contributed by atoms with van der Waals surface area (Å²) in [6, 6.07) is 15.4. The van der Waals surface area contributed by atoms with Crippen molar-refractivity contribution in [1.82, 2.24) is 4.98 Å². The molecule has 6 nitrogen and oxygen atoms in total. The molecule has 3 aromatic rings. The molecule has 0 unspecified atom stereocenters. The lowest BCUT2D eigenvalue weighted by atomic mass is 10.1. The second kappa shape index (κ2) is 9.30. The summed E-state index contributed by atoms with van der Waals surface area (Å²) in [5.41, 5.74) is 1.70. The third kappa shape index (κ3) is 4.97. The molecular weight excluding hydrogens is 394 g/mol. The number of pyridine rings is 1. The van der Waals surface area contributed by atoms with Crippen molar-refractivity contribution in [1.29, 1.82) is 0 Å². The van der Waals surface area contributed by atoms with Gasteiger partial charge in [0.2, 0.25) is 0 Å². The number of ether oxygens (including phenoxy) is 3. The smallest absolute Gasteiger partial charge is 0.337 e. The van der Waals surface area contributed by atoms with E-state index in [0.717, 1.165) is 5.56 Å². The van der Waals surface area contributed by atoms with Gasteiger partial charge in [-0.3, -0.25) is 0 Å². The van der Waals surface area contributed by atoms with Gasteiger partial charge >= 0.3 is 5.97 Å². The number of nitrogens with zero attached hydrogens (tertiary/aromatic N) is 1. The molecule has 0 atom stereocenters. The van der Waals surface area contributed by atoms with Crippen molar-refractivity contribution >= 4 is 17.6 Å². The normalized spacial score (nSPS) is 10.4. The van der Waals surface area contributed by atoms with Gasteiger partial charge in [0.15, 0.2) is 0 Å². The van der Waals surface area contributed by atoms with E-state index in [2.05, 4.69) is 4.98 Å². The number of hydrogen-bond donors (Lipinski definition) is 1.